The summed E-state index contributed by atoms with van der Waals surface area (Å²) in [7, 11) is 0. The van der Waals surface area contributed by atoms with Gasteiger partial charge in [0.25, 0.3) is 0 Å². The number of nitrogens with two attached hydrogens (primary N) is 2. The molecule has 4 N–H and O–H groups in total. The average molecular weight is 276 g/mol. The first-order chi connectivity index (χ1) is 9.51. The fraction of sp³-hybridized carbons (Fsp3) is 0.600. The first-order valence-corrected chi connectivity index (χ1v) is 7.21. The van der Waals surface area contributed by atoms with E-state index in [-0.39, 0.29) is 5.91 Å². The molecule has 0 spiro atoms. The molecule has 2 heterocycles. The summed E-state index contributed by atoms with van der Waals surface area (Å²) < 4.78 is 0. The van der Waals surface area contributed by atoms with Gasteiger partial charge in [-0.25, -0.2) is 0 Å². The van der Waals surface area contributed by atoms with E-state index in [0.29, 0.717) is 18.9 Å². The summed E-state index contributed by atoms with van der Waals surface area (Å²) in [4.78, 5) is 17.8. The van der Waals surface area contributed by atoms with Crippen LogP contribution >= 0.6 is 0 Å². The Morgan fingerprint density at radius 2 is 2.05 bits per heavy atom. The highest BCUT2D eigenvalue weighted by atomic mass is 16.1. The molecule has 1 saturated heterocycles. The quantitative estimate of drug-likeness (QED) is 0.866. The monoisotopic (exact) mass is 276 g/mol. The van der Waals surface area contributed by atoms with E-state index in [0.717, 1.165) is 42.9 Å². The molecule has 1 aromatic heterocycles. The molecule has 5 nitrogen and oxygen atoms in total. The number of carbonyl (C=O) groups excluding carboxylic acids is 1. The number of aromatic nitrogens is 1. The highest BCUT2D eigenvalue weighted by Gasteiger charge is 2.23. The zero-order valence-corrected chi connectivity index (χ0v) is 12.4. The lowest BCUT2D eigenvalue weighted by atomic mass is 9.92. The van der Waals surface area contributed by atoms with Crippen molar-refractivity contribution in [1.29, 1.82) is 0 Å². The van der Waals surface area contributed by atoms with E-state index >= 15 is 0 Å². The minimum Gasteiger partial charge on any atom is -0.371 e. The number of hydrogen-bond acceptors (Lipinski definition) is 4. The average Bonchev–Trinajstić information content (AvgIpc) is 2.38. The number of piperidine rings is 1. The topological polar surface area (TPSA) is 85.2 Å². The fourth-order valence-electron chi connectivity index (χ4n) is 3.03. The number of aryl methyl sites for hydroxylation is 2. The molecule has 110 valence electrons. The first-order valence-electron chi connectivity index (χ1n) is 7.21. The fourth-order valence-corrected chi connectivity index (χ4v) is 3.03. The molecule has 0 bridgehead atoms. The van der Waals surface area contributed by atoms with E-state index < -0.39 is 0 Å². The Bertz CT molecular complexity index is 493. The molecule has 0 aromatic carbocycles. The summed E-state index contributed by atoms with van der Waals surface area (Å²) in [6.45, 7) is 6.44. The molecule has 2 rings (SSSR count). The Morgan fingerprint density at radius 3 is 2.60 bits per heavy atom. The molecule has 5 heteroatoms. The molecule has 1 aliphatic heterocycles. The van der Waals surface area contributed by atoms with Crippen molar-refractivity contribution < 1.29 is 4.79 Å². The summed E-state index contributed by atoms with van der Waals surface area (Å²) in [6.07, 6.45) is 2.52. The van der Waals surface area contributed by atoms with Crippen molar-refractivity contribution in [2.75, 3.05) is 18.0 Å². The molecule has 1 amide bonds. The number of primary amides is 1. The first kappa shape index (κ1) is 14.8. The van der Waals surface area contributed by atoms with E-state index in [2.05, 4.69) is 16.0 Å². The molecule has 1 aliphatic rings. The lowest BCUT2D eigenvalue weighted by molar-refractivity contribution is -0.119. The molecular formula is C15H24N4O. The largest absolute Gasteiger partial charge is 0.371 e. The van der Waals surface area contributed by atoms with Crippen LogP contribution in [0.4, 0.5) is 5.69 Å². The van der Waals surface area contributed by atoms with Crippen molar-refractivity contribution in [3.05, 3.63) is 23.0 Å². The van der Waals surface area contributed by atoms with E-state index in [1.807, 2.05) is 13.8 Å². The minimum absolute atomic E-state index is 0.193. The SMILES string of the molecule is Cc1cc(N2CCC(CC(N)=O)CC2)c(CN)c(C)n1. The van der Waals surface area contributed by atoms with Crippen LogP contribution in [0, 0.1) is 19.8 Å². The maximum absolute atomic E-state index is 11.0. The molecule has 20 heavy (non-hydrogen) atoms. The third-order valence-corrected chi connectivity index (χ3v) is 4.08. The van der Waals surface area contributed by atoms with Gasteiger partial charge in [0.2, 0.25) is 5.91 Å². The van der Waals surface area contributed by atoms with Crippen LogP contribution in [0.3, 0.4) is 0 Å². The molecule has 0 radical (unpaired) electrons. The zero-order chi connectivity index (χ0) is 14.7. The van der Waals surface area contributed by atoms with Gasteiger partial charge in [-0.15, -0.1) is 0 Å². The van der Waals surface area contributed by atoms with Crippen molar-refractivity contribution >= 4 is 11.6 Å². The van der Waals surface area contributed by atoms with Crippen molar-refractivity contribution in [2.45, 2.75) is 39.7 Å². The second kappa shape index (κ2) is 6.22. The molecule has 0 saturated carbocycles. The highest BCUT2D eigenvalue weighted by Crippen LogP contribution is 2.29. The highest BCUT2D eigenvalue weighted by molar-refractivity contribution is 5.74. The van der Waals surface area contributed by atoms with Crippen molar-refractivity contribution in [1.82, 2.24) is 4.98 Å². The predicted octanol–water partition coefficient (Wildman–Crippen LogP) is 1.25. The Labute approximate surface area is 120 Å². The van der Waals surface area contributed by atoms with Gasteiger partial charge in [0.1, 0.15) is 0 Å². The molecule has 1 fully saturated rings. The van der Waals surface area contributed by atoms with Crippen LogP contribution in [0.5, 0.6) is 0 Å². The van der Waals surface area contributed by atoms with Gasteiger partial charge >= 0.3 is 0 Å². The van der Waals surface area contributed by atoms with Gasteiger partial charge in [0, 0.05) is 48.7 Å². The van der Waals surface area contributed by atoms with Crippen LogP contribution in [-0.2, 0) is 11.3 Å². The van der Waals surface area contributed by atoms with Crippen LogP contribution in [0.2, 0.25) is 0 Å². The lowest BCUT2D eigenvalue weighted by Gasteiger charge is -2.34. The maximum Gasteiger partial charge on any atom is 0.217 e. The van der Waals surface area contributed by atoms with Crippen LogP contribution < -0.4 is 16.4 Å². The Balaban J connectivity index is 2.12. The second-order valence-electron chi connectivity index (χ2n) is 5.65. The van der Waals surface area contributed by atoms with Crippen LogP contribution in [0.15, 0.2) is 6.07 Å². The summed E-state index contributed by atoms with van der Waals surface area (Å²) in [5, 5.41) is 0. The van der Waals surface area contributed by atoms with Crippen molar-refractivity contribution in [2.24, 2.45) is 17.4 Å². The Kier molecular flexibility index (Phi) is 4.60. The number of hydrogen-bond donors (Lipinski definition) is 2. The van der Waals surface area contributed by atoms with Crippen LogP contribution in [0.25, 0.3) is 0 Å². The minimum atomic E-state index is -0.193. The maximum atomic E-state index is 11.0. The second-order valence-corrected chi connectivity index (χ2v) is 5.65. The number of anilines is 1. The van der Waals surface area contributed by atoms with E-state index in [4.69, 9.17) is 11.5 Å². The predicted molar refractivity (Wildman–Crippen MR) is 80.4 cm³/mol. The smallest absolute Gasteiger partial charge is 0.217 e. The van der Waals surface area contributed by atoms with Gasteiger partial charge in [-0.1, -0.05) is 0 Å². The van der Waals surface area contributed by atoms with Gasteiger partial charge in [-0.3, -0.25) is 9.78 Å². The van der Waals surface area contributed by atoms with Crippen molar-refractivity contribution in [3.8, 4) is 0 Å². The van der Waals surface area contributed by atoms with E-state index in [9.17, 15) is 4.79 Å². The van der Waals surface area contributed by atoms with E-state index in [1.165, 1.54) is 5.69 Å². The molecular weight excluding hydrogens is 252 g/mol. The Morgan fingerprint density at radius 1 is 1.40 bits per heavy atom. The molecule has 0 atom stereocenters. The number of nitrogens with zero attached hydrogens (tertiary/aromatic N) is 2. The summed E-state index contributed by atoms with van der Waals surface area (Å²) in [6, 6.07) is 2.11. The van der Waals surface area contributed by atoms with Crippen LogP contribution in [0.1, 0.15) is 36.2 Å². The number of pyridine rings is 1. The Hall–Kier alpha value is -1.62. The standard InChI is InChI=1S/C15H24N4O/c1-10-7-14(13(9-16)11(2)18-10)19-5-3-12(4-6-19)8-15(17)20/h7,12H,3-6,8-9,16H2,1-2H3,(H2,17,20). The third kappa shape index (κ3) is 3.28. The summed E-state index contributed by atoms with van der Waals surface area (Å²) in [5.41, 5.74) is 15.5. The molecule has 0 unspecified atom stereocenters. The van der Waals surface area contributed by atoms with Gasteiger partial charge in [-0.2, -0.15) is 0 Å². The van der Waals surface area contributed by atoms with Gasteiger partial charge < -0.3 is 16.4 Å². The lowest BCUT2D eigenvalue weighted by Crippen LogP contribution is -2.36. The van der Waals surface area contributed by atoms with Crippen LogP contribution in [-0.4, -0.2) is 24.0 Å². The van der Waals surface area contributed by atoms with Gasteiger partial charge in [0.15, 0.2) is 0 Å². The van der Waals surface area contributed by atoms with Gasteiger partial charge in [0.05, 0.1) is 0 Å². The van der Waals surface area contributed by atoms with Crippen molar-refractivity contribution in [3.63, 3.8) is 0 Å². The normalized spacial score (nSPS) is 16.4. The van der Waals surface area contributed by atoms with Gasteiger partial charge in [-0.05, 0) is 38.7 Å². The molecule has 1 aromatic rings. The summed E-state index contributed by atoms with van der Waals surface area (Å²) in [5.74, 6) is 0.232. The molecule has 0 aliphatic carbocycles. The summed E-state index contributed by atoms with van der Waals surface area (Å²) >= 11 is 0. The zero-order valence-electron chi connectivity index (χ0n) is 12.4. The number of rotatable bonds is 4. The third-order valence-electron chi connectivity index (χ3n) is 4.08. The number of amides is 1. The number of carbonyl (C=O) groups is 1. The van der Waals surface area contributed by atoms with E-state index in [1.54, 1.807) is 0 Å².